The van der Waals surface area contributed by atoms with Gasteiger partial charge in [-0.05, 0) is 37.5 Å². The van der Waals surface area contributed by atoms with Gasteiger partial charge in [-0.2, -0.15) is 0 Å². The number of carbonyl (C=O) groups excluding carboxylic acids is 2. The molecule has 4 N–H and O–H groups in total. The molecular formula is C14H26ClN3O2. The summed E-state index contributed by atoms with van der Waals surface area (Å²) in [4.78, 5) is 23.5. The van der Waals surface area contributed by atoms with Crippen molar-refractivity contribution in [3.05, 3.63) is 0 Å². The number of nitrogens with two attached hydrogens (primary N) is 1. The first-order valence-corrected chi connectivity index (χ1v) is 7.43. The maximum Gasteiger partial charge on any atom is 0.224 e. The van der Waals surface area contributed by atoms with Crippen molar-refractivity contribution >= 4 is 24.2 Å². The molecule has 0 radical (unpaired) electrons. The zero-order valence-corrected chi connectivity index (χ0v) is 12.9. The summed E-state index contributed by atoms with van der Waals surface area (Å²) in [6.45, 7) is 3.12. The topological polar surface area (TPSA) is 84.2 Å². The van der Waals surface area contributed by atoms with Crippen molar-refractivity contribution in [3.8, 4) is 0 Å². The van der Waals surface area contributed by atoms with Gasteiger partial charge in [0, 0.05) is 25.6 Å². The Bertz CT molecular complexity index is 349. The van der Waals surface area contributed by atoms with Crippen LogP contribution in [0.5, 0.6) is 0 Å². The smallest absolute Gasteiger partial charge is 0.224 e. The molecule has 0 aliphatic heterocycles. The van der Waals surface area contributed by atoms with Crippen LogP contribution < -0.4 is 16.4 Å². The third-order valence-electron chi connectivity index (χ3n) is 4.51. The summed E-state index contributed by atoms with van der Waals surface area (Å²) in [6, 6.07) is 0.0210. The zero-order valence-electron chi connectivity index (χ0n) is 12.1. The first-order chi connectivity index (χ1) is 9.13. The van der Waals surface area contributed by atoms with Crippen LogP contribution >= 0.6 is 12.4 Å². The van der Waals surface area contributed by atoms with Crippen molar-refractivity contribution in [2.45, 2.75) is 45.1 Å². The molecule has 4 unspecified atom stereocenters. The van der Waals surface area contributed by atoms with E-state index >= 15 is 0 Å². The Morgan fingerprint density at radius 3 is 2.45 bits per heavy atom. The Labute approximate surface area is 126 Å². The van der Waals surface area contributed by atoms with Crippen LogP contribution in [-0.4, -0.2) is 30.9 Å². The van der Waals surface area contributed by atoms with Crippen LogP contribution in [0.2, 0.25) is 0 Å². The fourth-order valence-corrected chi connectivity index (χ4v) is 3.49. The second-order valence-corrected chi connectivity index (χ2v) is 5.83. The molecule has 2 amide bonds. The van der Waals surface area contributed by atoms with E-state index in [-0.39, 0.29) is 36.2 Å². The van der Waals surface area contributed by atoms with Gasteiger partial charge in [-0.3, -0.25) is 9.59 Å². The molecule has 0 aromatic heterocycles. The maximum atomic E-state index is 12.1. The normalized spacial score (nSPS) is 30.7. The second-order valence-electron chi connectivity index (χ2n) is 5.83. The molecule has 2 aliphatic rings. The number of carbonyl (C=O) groups is 2. The van der Waals surface area contributed by atoms with E-state index in [1.165, 1.54) is 6.42 Å². The van der Waals surface area contributed by atoms with Gasteiger partial charge in [0.2, 0.25) is 11.8 Å². The van der Waals surface area contributed by atoms with E-state index in [1.807, 2.05) is 6.92 Å². The van der Waals surface area contributed by atoms with Crippen LogP contribution in [-0.2, 0) is 9.59 Å². The molecule has 2 rings (SSSR count). The van der Waals surface area contributed by atoms with E-state index in [2.05, 4.69) is 10.6 Å². The SMILES string of the molecule is CCCNC(=O)CCNC(=O)C1C2CCC(C2)C1N.Cl. The van der Waals surface area contributed by atoms with E-state index in [4.69, 9.17) is 5.73 Å². The fourth-order valence-electron chi connectivity index (χ4n) is 3.49. The summed E-state index contributed by atoms with van der Waals surface area (Å²) in [5, 5.41) is 5.66. The summed E-state index contributed by atoms with van der Waals surface area (Å²) < 4.78 is 0. The molecule has 116 valence electrons. The minimum absolute atomic E-state index is 0. The molecule has 0 heterocycles. The highest BCUT2D eigenvalue weighted by Gasteiger charge is 2.48. The number of hydrogen-bond donors (Lipinski definition) is 3. The number of halogens is 1. The highest BCUT2D eigenvalue weighted by Crippen LogP contribution is 2.47. The number of rotatable bonds is 6. The first-order valence-electron chi connectivity index (χ1n) is 7.43. The van der Waals surface area contributed by atoms with Crippen molar-refractivity contribution in [1.29, 1.82) is 0 Å². The van der Waals surface area contributed by atoms with Crippen LogP contribution in [0.1, 0.15) is 39.0 Å². The quantitative estimate of drug-likeness (QED) is 0.679. The largest absolute Gasteiger partial charge is 0.356 e. The molecule has 6 heteroatoms. The first kappa shape index (κ1) is 17.2. The van der Waals surface area contributed by atoms with Gasteiger partial charge in [-0.25, -0.2) is 0 Å². The van der Waals surface area contributed by atoms with Crippen molar-refractivity contribution in [2.24, 2.45) is 23.5 Å². The molecule has 0 saturated heterocycles. The van der Waals surface area contributed by atoms with E-state index < -0.39 is 0 Å². The van der Waals surface area contributed by atoms with Crippen LogP contribution in [0.3, 0.4) is 0 Å². The lowest BCUT2D eigenvalue weighted by Crippen LogP contribution is -2.45. The summed E-state index contributed by atoms with van der Waals surface area (Å²) in [7, 11) is 0. The molecule has 2 saturated carbocycles. The number of hydrogen-bond acceptors (Lipinski definition) is 3. The third kappa shape index (κ3) is 3.85. The highest BCUT2D eigenvalue weighted by molar-refractivity contribution is 5.85. The van der Waals surface area contributed by atoms with Gasteiger partial charge in [0.1, 0.15) is 0 Å². The fraction of sp³-hybridized carbons (Fsp3) is 0.857. The Hall–Kier alpha value is -0.810. The lowest BCUT2D eigenvalue weighted by molar-refractivity contribution is -0.127. The van der Waals surface area contributed by atoms with Crippen molar-refractivity contribution in [1.82, 2.24) is 10.6 Å². The Kier molecular flexibility index (Phi) is 6.76. The summed E-state index contributed by atoms with van der Waals surface area (Å²) >= 11 is 0. The predicted molar refractivity (Wildman–Crippen MR) is 80.5 cm³/mol. The monoisotopic (exact) mass is 303 g/mol. The molecule has 2 aliphatic carbocycles. The average Bonchev–Trinajstić information content (AvgIpc) is 2.96. The van der Waals surface area contributed by atoms with Gasteiger partial charge in [0.25, 0.3) is 0 Å². The Balaban J connectivity index is 0.00000200. The summed E-state index contributed by atoms with van der Waals surface area (Å²) in [6.07, 6.45) is 4.69. The number of nitrogens with one attached hydrogen (secondary N) is 2. The average molecular weight is 304 g/mol. The van der Waals surface area contributed by atoms with Gasteiger partial charge in [-0.1, -0.05) is 6.92 Å². The van der Waals surface area contributed by atoms with Crippen molar-refractivity contribution in [3.63, 3.8) is 0 Å². The Morgan fingerprint density at radius 2 is 1.85 bits per heavy atom. The van der Waals surface area contributed by atoms with Crippen molar-refractivity contribution < 1.29 is 9.59 Å². The third-order valence-corrected chi connectivity index (χ3v) is 4.51. The Morgan fingerprint density at radius 1 is 1.15 bits per heavy atom. The molecule has 2 fully saturated rings. The zero-order chi connectivity index (χ0) is 13.8. The number of amides is 2. The van der Waals surface area contributed by atoms with E-state index in [1.54, 1.807) is 0 Å². The van der Waals surface area contributed by atoms with Gasteiger partial charge in [0.15, 0.2) is 0 Å². The van der Waals surface area contributed by atoms with Gasteiger partial charge < -0.3 is 16.4 Å². The summed E-state index contributed by atoms with van der Waals surface area (Å²) in [5.41, 5.74) is 6.12. The lowest BCUT2D eigenvalue weighted by Gasteiger charge is -2.26. The molecule has 20 heavy (non-hydrogen) atoms. The molecule has 0 aromatic carbocycles. The highest BCUT2D eigenvalue weighted by atomic mass is 35.5. The van der Waals surface area contributed by atoms with Gasteiger partial charge >= 0.3 is 0 Å². The van der Waals surface area contributed by atoms with Crippen LogP contribution in [0.4, 0.5) is 0 Å². The van der Waals surface area contributed by atoms with E-state index in [0.717, 1.165) is 19.3 Å². The summed E-state index contributed by atoms with van der Waals surface area (Å²) in [5.74, 6) is 1.02. The molecule has 4 atom stereocenters. The number of fused-ring (bicyclic) bond motifs is 2. The molecule has 0 aromatic rings. The molecule has 2 bridgehead atoms. The van der Waals surface area contributed by atoms with Crippen LogP contribution in [0.25, 0.3) is 0 Å². The molecular weight excluding hydrogens is 278 g/mol. The van der Waals surface area contributed by atoms with Crippen molar-refractivity contribution in [2.75, 3.05) is 13.1 Å². The standard InChI is InChI=1S/C14H25N3O2.ClH/c1-2-6-16-11(18)5-7-17-14(19)12-9-3-4-10(8-9)13(12)15;/h9-10,12-13H,2-8,15H2,1H3,(H,16,18)(H,17,19);1H. The van der Waals surface area contributed by atoms with E-state index in [0.29, 0.717) is 31.3 Å². The molecule has 5 nitrogen and oxygen atoms in total. The van der Waals surface area contributed by atoms with Gasteiger partial charge in [-0.15, -0.1) is 12.4 Å². The predicted octanol–water partition coefficient (Wildman–Crippen LogP) is 0.814. The van der Waals surface area contributed by atoms with Gasteiger partial charge in [0.05, 0.1) is 5.92 Å². The second kappa shape index (κ2) is 7.84. The van der Waals surface area contributed by atoms with Crippen LogP contribution in [0, 0.1) is 17.8 Å². The minimum Gasteiger partial charge on any atom is -0.356 e. The lowest BCUT2D eigenvalue weighted by atomic mass is 9.84. The van der Waals surface area contributed by atoms with E-state index in [9.17, 15) is 9.59 Å². The van der Waals surface area contributed by atoms with Crippen LogP contribution in [0.15, 0.2) is 0 Å². The maximum absolute atomic E-state index is 12.1. The minimum atomic E-state index is -0.0301. The molecule has 0 spiro atoms.